The Balaban J connectivity index is 1.44. The summed E-state index contributed by atoms with van der Waals surface area (Å²) in [4.78, 5) is 32.5. The van der Waals surface area contributed by atoms with Crippen molar-refractivity contribution in [1.29, 1.82) is 0 Å². The number of methoxy groups -OCH3 is 1. The number of aromatic nitrogens is 2. The maximum atomic E-state index is 13.3. The van der Waals surface area contributed by atoms with Crippen LogP contribution in [0.2, 0.25) is 0 Å². The first kappa shape index (κ1) is 27.0. The minimum atomic E-state index is -0.533. The Kier molecular flexibility index (Phi) is 7.57. The first-order chi connectivity index (χ1) is 19.3. The van der Waals surface area contributed by atoms with Crippen LogP contribution in [0.25, 0.3) is 22.5 Å². The van der Waals surface area contributed by atoms with Crippen molar-refractivity contribution < 1.29 is 19.5 Å². The maximum Gasteiger partial charge on any atom is 0.277 e. The Morgan fingerprint density at radius 2 is 1.68 bits per heavy atom. The van der Waals surface area contributed by atoms with E-state index in [1.165, 1.54) is 0 Å². The van der Waals surface area contributed by atoms with Crippen molar-refractivity contribution in [2.45, 2.75) is 20.8 Å². The molecule has 9 heteroatoms. The highest BCUT2D eigenvalue weighted by atomic mass is 16.5. The molecule has 0 atom stereocenters. The molecule has 9 nitrogen and oxygen atoms in total. The molecule has 2 amide bonds. The van der Waals surface area contributed by atoms with Crippen LogP contribution in [0.4, 0.5) is 5.69 Å². The molecule has 0 saturated carbocycles. The second kappa shape index (κ2) is 11.2. The fraction of sp³-hybridized carbons (Fsp3) is 0.258. The third kappa shape index (κ3) is 5.15. The third-order valence-electron chi connectivity index (χ3n) is 7.22. The summed E-state index contributed by atoms with van der Waals surface area (Å²) in [5.74, 6) is 0.319. The molecular weight excluding hydrogens is 506 g/mol. The number of hydrogen-bond donors (Lipinski definition) is 3. The summed E-state index contributed by atoms with van der Waals surface area (Å²) >= 11 is 0. The van der Waals surface area contributed by atoms with Crippen molar-refractivity contribution in [3.8, 4) is 28.3 Å². The van der Waals surface area contributed by atoms with E-state index in [2.05, 4.69) is 15.6 Å². The average Bonchev–Trinajstić information content (AvgIpc) is 3.26. The zero-order valence-electron chi connectivity index (χ0n) is 23.1. The van der Waals surface area contributed by atoms with Crippen molar-refractivity contribution >= 4 is 17.5 Å². The van der Waals surface area contributed by atoms with Gasteiger partial charge in [-0.05, 0) is 73.9 Å². The molecule has 0 aliphatic carbocycles. The smallest absolute Gasteiger partial charge is 0.277 e. The number of hydrogen-bond acceptors (Lipinski definition) is 6. The van der Waals surface area contributed by atoms with Gasteiger partial charge < -0.3 is 25.5 Å². The fourth-order valence-electron chi connectivity index (χ4n) is 5.22. The second-order valence-corrected chi connectivity index (χ2v) is 9.94. The highest BCUT2D eigenvalue weighted by molar-refractivity contribution is 6.05. The molecule has 1 aliphatic heterocycles. The summed E-state index contributed by atoms with van der Waals surface area (Å²) in [7, 11) is 1.62. The van der Waals surface area contributed by atoms with E-state index in [0.717, 1.165) is 40.1 Å². The topological polar surface area (TPSA) is 109 Å². The first-order valence-corrected chi connectivity index (χ1v) is 13.2. The molecule has 1 aliphatic rings. The van der Waals surface area contributed by atoms with Gasteiger partial charge in [0, 0.05) is 48.6 Å². The van der Waals surface area contributed by atoms with Gasteiger partial charge in [0.05, 0.1) is 12.8 Å². The molecule has 5 rings (SSSR count). The van der Waals surface area contributed by atoms with Crippen molar-refractivity contribution in [3.63, 3.8) is 0 Å². The number of anilines is 1. The van der Waals surface area contributed by atoms with Crippen LogP contribution in [0.1, 0.15) is 37.7 Å². The van der Waals surface area contributed by atoms with Gasteiger partial charge in [0.2, 0.25) is 0 Å². The van der Waals surface area contributed by atoms with Gasteiger partial charge in [-0.2, -0.15) is 4.73 Å². The molecular formula is C31H33N5O4. The summed E-state index contributed by atoms with van der Waals surface area (Å²) in [6, 6.07) is 18.5. The number of carbonyl (C=O) groups is 2. The van der Waals surface area contributed by atoms with Crippen LogP contribution in [-0.4, -0.2) is 64.9 Å². The van der Waals surface area contributed by atoms with E-state index >= 15 is 0 Å². The Labute approximate surface area is 233 Å². The molecule has 206 valence electrons. The molecule has 40 heavy (non-hydrogen) atoms. The van der Waals surface area contributed by atoms with E-state index in [1.54, 1.807) is 49.3 Å². The highest BCUT2D eigenvalue weighted by Crippen LogP contribution is 2.37. The molecule has 0 unspecified atom stereocenters. The van der Waals surface area contributed by atoms with E-state index in [0.29, 0.717) is 41.3 Å². The van der Waals surface area contributed by atoms with Gasteiger partial charge in [0.1, 0.15) is 5.75 Å². The summed E-state index contributed by atoms with van der Waals surface area (Å²) in [6.07, 6.45) is 0. The number of imidazole rings is 1. The van der Waals surface area contributed by atoms with E-state index in [9.17, 15) is 14.8 Å². The lowest BCUT2D eigenvalue weighted by molar-refractivity contribution is 0.0735. The van der Waals surface area contributed by atoms with Gasteiger partial charge in [-0.1, -0.05) is 24.3 Å². The number of piperazine rings is 1. The monoisotopic (exact) mass is 539 g/mol. The molecule has 0 radical (unpaired) electrons. The molecule has 0 spiro atoms. The number of rotatable bonds is 6. The SMILES string of the molecule is COc1ccc(-c2nc(C)c(C(=O)Nc3cccc(C(=O)N4CCNCC4)c3)n2O)cc1-c1c(C)cccc1C. The summed E-state index contributed by atoms with van der Waals surface area (Å²) in [5, 5.41) is 17.2. The van der Waals surface area contributed by atoms with E-state index in [4.69, 9.17) is 4.74 Å². The van der Waals surface area contributed by atoms with Crippen LogP contribution >= 0.6 is 0 Å². The van der Waals surface area contributed by atoms with Crippen LogP contribution in [-0.2, 0) is 0 Å². The van der Waals surface area contributed by atoms with Crippen LogP contribution in [0, 0.1) is 20.8 Å². The quantitative estimate of drug-likeness (QED) is 0.307. The zero-order chi connectivity index (χ0) is 28.4. The lowest BCUT2D eigenvalue weighted by Gasteiger charge is -2.27. The fourth-order valence-corrected chi connectivity index (χ4v) is 5.22. The Hall–Kier alpha value is -4.63. The zero-order valence-corrected chi connectivity index (χ0v) is 23.1. The lowest BCUT2D eigenvalue weighted by Crippen LogP contribution is -2.46. The summed E-state index contributed by atoms with van der Waals surface area (Å²) in [5.41, 5.74) is 6.06. The summed E-state index contributed by atoms with van der Waals surface area (Å²) in [6.45, 7) is 8.54. The number of aryl methyl sites for hydroxylation is 3. The number of amides is 2. The van der Waals surface area contributed by atoms with Crippen molar-refractivity contribution in [1.82, 2.24) is 19.9 Å². The van der Waals surface area contributed by atoms with Crippen LogP contribution in [0.3, 0.4) is 0 Å². The van der Waals surface area contributed by atoms with Gasteiger partial charge in [-0.15, -0.1) is 0 Å². The molecule has 2 heterocycles. The largest absolute Gasteiger partial charge is 0.496 e. The molecule has 1 fully saturated rings. The molecule has 1 saturated heterocycles. The molecule has 0 bridgehead atoms. The van der Waals surface area contributed by atoms with E-state index < -0.39 is 5.91 Å². The van der Waals surface area contributed by atoms with Crippen molar-refractivity contribution in [3.05, 3.63) is 88.7 Å². The average molecular weight is 540 g/mol. The van der Waals surface area contributed by atoms with E-state index in [1.807, 2.05) is 44.2 Å². The highest BCUT2D eigenvalue weighted by Gasteiger charge is 2.24. The minimum Gasteiger partial charge on any atom is -0.496 e. The van der Waals surface area contributed by atoms with E-state index in [-0.39, 0.29) is 17.4 Å². The number of nitrogens with one attached hydrogen (secondary N) is 2. The second-order valence-electron chi connectivity index (χ2n) is 9.94. The Bertz CT molecular complexity index is 1570. The predicted octanol–water partition coefficient (Wildman–Crippen LogP) is 4.69. The Morgan fingerprint density at radius 1 is 0.975 bits per heavy atom. The predicted molar refractivity (Wildman–Crippen MR) is 154 cm³/mol. The molecule has 1 aromatic heterocycles. The normalized spacial score (nSPS) is 13.2. The lowest BCUT2D eigenvalue weighted by atomic mass is 9.93. The summed E-state index contributed by atoms with van der Waals surface area (Å²) < 4.78 is 6.46. The van der Waals surface area contributed by atoms with Gasteiger partial charge in [-0.3, -0.25) is 9.59 Å². The number of nitrogens with zero attached hydrogens (tertiary/aromatic N) is 3. The molecule has 3 N–H and O–H groups in total. The maximum absolute atomic E-state index is 13.3. The van der Waals surface area contributed by atoms with Gasteiger partial charge >= 0.3 is 0 Å². The third-order valence-corrected chi connectivity index (χ3v) is 7.22. The van der Waals surface area contributed by atoms with Crippen LogP contribution < -0.4 is 15.4 Å². The molecule has 4 aromatic rings. The van der Waals surface area contributed by atoms with Gasteiger partial charge in [-0.25, -0.2) is 4.98 Å². The van der Waals surface area contributed by atoms with Crippen molar-refractivity contribution in [2.24, 2.45) is 0 Å². The molecule has 3 aromatic carbocycles. The number of carbonyl (C=O) groups excluding carboxylic acids is 2. The minimum absolute atomic E-state index is 0.0123. The van der Waals surface area contributed by atoms with Crippen molar-refractivity contribution in [2.75, 3.05) is 38.6 Å². The number of ether oxygens (including phenoxy) is 1. The Morgan fingerprint density at radius 3 is 2.38 bits per heavy atom. The standard InChI is InChI=1S/C31H33N5O4/c1-19-7-5-8-20(2)27(19)25-18-22(11-12-26(25)40-4)29-33-21(3)28(36(29)39)30(37)34-24-10-6-9-23(17-24)31(38)35-15-13-32-14-16-35/h5-12,17-18,32,39H,13-16H2,1-4H3,(H,34,37). The first-order valence-electron chi connectivity index (χ1n) is 13.2. The van der Waals surface area contributed by atoms with Gasteiger partial charge in [0.25, 0.3) is 11.8 Å². The van der Waals surface area contributed by atoms with Crippen LogP contribution in [0.15, 0.2) is 60.7 Å². The van der Waals surface area contributed by atoms with Gasteiger partial charge in [0.15, 0.2) is 11.5 Å². The number of benzene rings is 3. The van der Waals surface area contributed by atoms with Crippen LogP contribution in [0.5, 0.6) is 5.75 Å².